The Labute approximate surface area is 383 Å². The van der Waals surface area contributed by atoms with Crippen molar-refractivity contribution in [1.82, 2.24) is 9.97 Å². The summed E-state index contributed by atoms with van der Waals surface area (Å²) in [6.07, 6.45) is 0. The molecule has 0 amide bonds. The van der Waals surface area contributed by atoms with Crippen LogP contribution in [-0.2, 0) is 5.41 Å². The molecule has 0 unspecified atom stereocenters. The van der Waals surface area contributed by atoms with Crippen LogP contribution in [0.15, 0.2) is 247 Å². The first-order chi connectivity index (χ1) is 32.7. The SMILES string of the molecule is c1ccc(C2(c3ccccc3)c3ccccc3-c3ccc(-c4cc(-c5ccc(-c6ccc7oc8ccccc8c7c6)cc5)nc(-c5ccc(-c6cccc7ccccc67)cc5)n4)cc32)cc1. The molecule has 0 N–H and O–H groups in total. The minimum Gasteiger partial charge on any atom is -0.456 e. The second-order valence-electron chi connectivity index (χ2n) is 17.2. The Balaban J connectivity index is 0.965. The van der Waals surface area contributed by atoms with Crippen LogP contribution in [0.1, 0.15) is 22.3 Å². The van der Waals surface area contributed by atoms with Gasteiger partial charge in [0, 0.05) is 27.5 Å². The van der Waals surface area contributed by atoms with Crippen LogP contribution < -0.4 is 0 Å². The lowest BCUT2D eigenvalue weighted by Gasteiger charge is -2.34. The Hall–Kier alpha value is -8.66. The fraction of sp³-hybridized carbons (Fsp3) is 0.0159. The van der Waals surface area contributed by atoms with Crippen LogP contribution in [0.3, 0.4) is 0 Å². The van der Waals surface area contributed by atoms with Crippen molar-refractivity contribution < 1.29 is 4.42 Å². The minimum atomic E-state index is -0.526. The molecule has 0 bridgehead atoms. The number of para-hydroxylation sites is 1. The van der Waals surface area contributed by atoms with E-state index in [1.165, 1.54) is 49.7 Å². The fourth-order valence-corrected chi connectivity index (χ4v) is 10.5. The number of aromatic nitrogens is 2. The number of furan rings is 1. The van der Waals surface area contributed by atoms with Gasteiger partial charge in [0.1, 0.15) is 11.2 Å². The van der Waals surface area contributed by atoms with Crippen LogP contribution in [0, 0.1) is 0 Å². The average molecular weight is 841 g/mol. The molecule has 3 heteroatoms. The molecule has 0 radical (unpaired) electrons. The van der Waals surface area contributed by atoms with Crippen molar-refractivity contribution >= 4 is 32.7 Å². The van der Waals surface area contributed by atoms with Gasteiger partial charge in [0.15, 0.2) is 5.82 Å². The molecule has 1 aliphatic carbocycles. The molecule has 10 aromatic carbocycles. The van der Waals surface area contributed by atoms with Crippen LogP contribution in [0.4, 0.5) is 0 Å². The molecule has 1 aliphatic rings. The van der Waals surface area contributed by atoms with Gasteiger partial charge in [-0.15, -0.1) is 0 Å². The molecule has 2 aromatic heterocycles. The van der Waals surface area contributed by atoms with Crippen LogP contribution in [0.25, 0.3) is 100.0 Å². The van der Waals surface area contributed by atoms with Crippen molar-refractivity contribution in [2.75, 3.05) is 0 Å². The molecular weight excluding hydrogens is 801 g/mol. The van der Waals surface area contributed by atoms with Crippen molar-refractivity contribution in [3.8, 4) is 67.3 Å². The zero-order valence-corrected chi connectivity index (χ0v) is 35.9. The van der Waals surface area contributed by atoms with Crippen molar-refractivity contribution in [2.45, 2.75) is 5.41 Å². The molecule has 13 rings (SSSR count). The van der Waals surface area contributed by atoms with Gasteiger partial charge >= 0.3 is 0 Å². The van der Waals surface area contributed by atoms with E-state index < -0.39 is 5.41 Å². The second-order valence-corrected chi connectivity index (χ2v) is 17.2. The summed E-state index contributed by atoms with van der Waals surface area (Å²) in [7, 11) is 0. The summed E-state index contributed by atoms with van der Waals surface area (Å²) in [5, 5.41) is 4.69. The molecule has 0 fully saturated rings. The standard InChI is InChI=1S/C63H40N2O/c1-3-16-48(17-4-1)63(49-18-5-2-6-19-49)56-24-11-9-21-52(56)53-36-34-47(39-57(53)63)59-40-58(44-30-26-41(27-31-44)46-35-37-61-55(38-46)54-22-10-12-25-60(54)66-61)64-62(65-59)45-32-28-43(29-33-45)51-23-13-15-42-14-7-8-20-50(42)51/h1-40H. The highest BCUT2D eigenvalue weighted by molar-refractivity contribution is 6.06. The van der Waals surface area contributed by atoms with E-state index >= 15 is 0 Å². The normalized spacial score (nSPS) is 12.7. The summed E-state index contributed by atoms with van der Waals surface area (Å²) < 4.78 is 6.14. The highest BCUT2D eigenvalue weighted by Gasteiger charge is 2.46. The van der Waals surface area contributed by atoms with Crippen molar-refractivity contribution in [3.05, 3.63) is 265 Å². The van der Waals surface area contributed by atoms with Crippen LogP contribution in [0.2, 0.25) is 0 Å². The molecule has 12 aromatic rings. The molecule has 0 saturated carbocycles. The van der Waals surface area contributed by atoms with Gasteiger partial charge < -0.3 is 4.42 Å². The lowest BCUT2D eigenvalue weighted by atomic mass is 9.67. The summed E-state index contributed by atoms with van der Waals surface area (Å²) >= 11 is 0. The van der Waals surface area contributed by atoms with Gasteiger partial charge in [0.2, 0.25) is 0 Å². The summed E-state index contributed by atoms with van der Waals surface area (Å²) in [5.74, 6) is 0.675. The van der Waals surface area contributed by atoms with E-state index in [4.69, 9.17) is 14.4 Å². The predicted octanol–water partition coefficient (Wildman–Crippen LogP) is 16.2. The summed E-state index contributed by atoms with van der Waals surface area (Å²) in [5.41, 5.74) is 18.1. The fourth-order valence-electron chi connectivity index (χ4n) is 10.5. The van der Waals surface area contributed by atoms with Crippen LogP contribution in [-0.4, -0.2) is 9.97 Å². The molecule has 0 spiro atoms. The molecule has 66 heavy (non-hydrogen) atoms. The number of hydrogen-bond acceptors (Lipinski definition) is 3. The highest BCUT2D eigenvalue weighted by Crippen LogP contribution is 2.56. The van der Waals surface area contributed by atoms with Gasteiger partial charge in [-0.25, -0.2) is 9.97 Å². The Morgan fingerprint density at radius 3 is 1.64 bits per heavy atom. The molecular formula is C63H40N2O. The van der Waals surface area contributed by atoms with Gasteiger partial charge in [0.05, 0.1) is 16.8 Å². The zero-order valence-electron chi connectivity index (χ0n) is 35.9. The molecule has 0 atom stereocenters. The van der Waals surface area contributed by atoms with Gasteiger partial charge in [-0.1, -0.05) is 212 Å². The van der Waals surface area contributed by atoms with E-state index in [9.17, 15) is 0 Å². The van der Waals surface area contributed by atoms with Crippen molar-refractivity contribution in [3.63, 3.8) is 0 Å². The monoisotopic (exact) mass is 840 g/mol. The lowest BCUT2D eigenvalue weighted by molar-refractivity contribution is 0.669. The van der Waals surface area contributed by atoms with Crippen molar-refractivity contribution in [2.24, 2.45) is 0 Å². The van der Waals surface area contributed by atoms with E-state index in [2.05, 4.69) is 231 Å². The van der Waals surface area contributed by atoms with E-state index in [0.29, 0.717) is 5.82 Å². The van der Waals surface area contributed by atoms with Gasteiger partial charge in [0.25, 0.3) is 0 Å². The largest absolute Gasteiger partial charge is 0.456 e. The van der Waals surface area contributed by atoms with E-state index in [1.54, 1.807) is 0 Å². The number of fused-ring (bicyclic) bond motifs is 7. The number of rotatable bonds is 7. The summed E-state index contributed by atoms with van der Waals surface area (Å²) in [6.45, 7) is 0. The zero-order chi connectivity index (χ0) is 43.6. The Morgan fingerprint density at radius 2 is 0.848 bits per heavy atom. The quantitative estimate of drug-likeness (QED) is 0.160. The Bertz CT molecular complexity index is 3750. The molecule has 0 aliphatic heterocycles. The number of hydrogen-bond donors (Lipinski definition) is 0. The maximum absolute atomic E-state index is 6.14. The summed E-state index contributed by atoms with van der Waals surface area (Å²) in [6, 6.07) is 87.1. The maximum atomic E-state index is 6.14. The van der Waals surface area contributed by atoms with Crippen LogP contribution in [0.5, 0.6) is 0 Å². The molecule has 3 nitrogen and oxygen atoms in total. The molecule has 308 valence electrons. The number of nitrogens with zero attached hydrogens (tertiary/aromatic N) is 2. The highest BCUT2D eigenvalue weighted by atomic mass is 16.3. The summed E-state index contributed by atoms with van der Waals surface area (Å²) in [4.78, 5) is 10.7. The van der Waals surface area contributed by atoms with E-state index in [1.807, 2.05) is 12.1 Å². The second kappa shape index (κ2) is 15.3. The molecule has 2 heterocycles. The van der Waals surface area contributed by atoms with Crippen LogP contribution >= 0.6 is 0 Å². The smallest absolute Gasteiger partial charge is 0.160 e. The third-order valence-corrected chi connectivity index (χ3v) is 13.6. The minimum absolute atomic E-state index is 0.526. The number of benzene rings is 10. The lowest BCUT2D eigenvalue weighted by Crippen LogP contribution is -2.28. The third-order valence-electron chi connectivity index (χ3n) is 13.6. The predicted molar refractivity (Wildman–Crippen MR) is 271 cm³/mol. The van der Waals surface area contributed by atoms with Gasteiger partial charge in [-0.2, -0.15) is 0 Å². The van der Waals surface area contributed by atoms with Gasteiger partial charge in [-0.3, -0.25) is 0 Å². The Morgan fingerprint density at radius 1 is 0.303 bits per heavy atom. The van der Waals surface area contributed by atoms with Crippen molar-refractivity contribution in [1.29, 1.82) is 0 Å². The third kappa shape index (κ3) is 6.05. The first-order valence-corrected chi connectivity index (χ1v) is 22.5. The van der Waals surface area contributed by atoms with E-state index in [-0.39, 0.29) is 0 Å². The topological polar surface area (TPSA) is 38.9 Å². The first-order valence-electron chi connectivity index (χ1n) is 22.5. The average Bonchev–Trinajstić information content (AvgIpc) is 3.92. The van der Waals surface area contributed by atoms with E-state index in [0.717, 1.165) is 66.7 Å². The Kier molecular flexibility index (Phi) is 8.75. The van der Waals surface area contributed by atoms with Gasteiger partial charge in [-0.05, 0) is 96.7 Å². The maximum Gasteiger partial charge on any atom is 0.160 e. The first kappa shape index (κ1) is 37.9. The molecule has 0 saturated heterocycles.